The molecule has 0 rings (SSSR count). The lowest BCUT2D eigenvalue weighted by Crippen LogP contribution is -2.25. The third-order valence-electron chi connectivity index (χ3n) is 1.55. The molecule has 0 N–H and O–H groups in total. The zero-order valence-electron chi connectivity index (χ0n) is 7.99. The summed E-state index contributed by atoms with van der Waals surface area (Å²) in [4.78, 5) is 11.0. The normalized spacial score (nSPS) is 15.3. The minimum atomic E-state index is -0.506. The molecule has 0 aliphatic heterocycles. The summed E-state index contributed by atoms with van der Waals surface area (Å²) in [6.07, 6.45) is -0.577. The van der Waals surface area contributed by atoms with Crippen molar-refractivity contribution in [2.75, 3.05) is 20.8 Å². The van der Waals surface area contributed by atoms with E-state index in [1.54, 1.807) is 14.0 Å². The van der Waals surface area contributed by atoms with Crippen molar-refractivity contribution in [3.63, 3.8) is 0 Å². The van der Waals surface area contributed by atoms with Crippen LogP contribution in [0.2, 0.25) is 0 Å². The molecule has 72 valence electrons. The highest BCUT2D eigenvalue weighted by Crippen LogP contribution is 1.95. The van der Waals surface area contributed by atoms with Crippen LogP contribution in [0.3, 0.4) is 0 Å². The molecule has 0 spiro atoms. The lowest BCUT2D eigenvalue weighted by molar-refractivity contribution is -0.157. The first-order valence-electron chi connectivity index (χ1n) is 3.84. The Morgan fingerprint density at radius 3 is 2.25 bits per heavy atom. The van der Waals surface area contributed by atoms with Crippen molar-refractivity contribution in [1.29, 1.82) is 0 Å². The van der Waals surface area contributed by atoms with E-state index in [4.69, 9.17) is 14.2 Å². The molecule has 0 aromatic rings. The van der Waals surface area contributed by atoms with Crippen LogP contribution < -0.4 is 0 Å². The van der Waals surface area contributed by atoms with Gasteiger partial charge in [-0.15, -0.1) is 0 Å². The summed E-state index contributed by atoms with van der Waals surface area (Å²) < 4.78 is 14.5. The first-order chi connectivity index (χ1) is 5.61. The maximum absolute atomic E-state index is 11.0. The Bertz CT molecular complexity index is 135. The molecule has 12 heavy (non-hydrogen) atoms. The Labute approximate surface area is 72.8 Å². The van der Waals surface area contributed by atoms with Gasteiger partial charge in [0.2, 0.25) is 0 Å². The summed E-state index contributed by atoms with van der Waals surface area (Å²) in [6.45, 7) is 3.73. The number of rotatable bonds is 5. The van der Waals surface area contributed by atoms with E-state index in [-0.39, 0.29) is 18.7 Å². The van der Waals surface area contributed by atoms with Gasteiger partial charge in [-0.25, -0.2) is 4.79 Å². The molecule has 0 amide bonds. The second kappa shape index (κ2) is 5.97. The Kier molecular flexibility index (Phi) is 5.66. The minimum Gasteiger partial charge on any atom is -0.461 e. The highest BCUT2D eigenvalue weighted by Gasteiger charge is 2.13. The van der Waals surface area contributed by atoms with Gasteiger partial charge in [0.15, 0.2) is 6.10 Å². The van der Waals surface area contributed by atoms with Gasteiger partial charge in [0.05, 0.1) is 6.10 Å². The summed E-state index contributed by atoms with van der Waals surface area (Å²) in [5.74, 6) is -0.360. The molecule has 0 heterocycles. The van der Waals surface area contributed by atoms with E-state index in [0.717, 1.165) is 0 Å². The maximum Gasteiger partial charge on any atom is 0.335 e. The summed E-state index contributed by atoms with van der Waals surface area (Å²) in [5.41, 5.74) is 0. The predicted molar refractivity (Wildman–Crippen MR) is 43.9 cm³/mol. The summed E-state index contributed by atoms with van der Waals surface area (Å²) in [5, 5.41) is 0. The predicted octanol–water partition coefficient (Wildman–Crippen LogP) is 0.599. The fourth-order valence-corrected chi connectivity index (χ4v) is 0.481. The number of carbonyl (C=O) groups excluding carboxylic acids is 1. The van der Waals surface area contributed by atoms with Gasteiger partial charge in [0.1, 0.15) is 6.61 Å². The molecule has 2 atom stereocenters. The van der Waals surface area contributed by atoms with Crippen LogP contribution in [0.4, 0.5) is 0 Å². The van der Waals surface area contributed by atoms with Gasteiger partial charge >= 0.3 is 5.97 Å². The quantitative estimate of drug-likeness (QED) is 0.575. The molecule has 0 fully saturated rings. The molecule has 0 saturated heterocycles. The largest absolute Gasteiger partial charge is 0.461 e. The highest BCUT2D eigenvalue weighted by atomic mass is 16.6. The van der Waals surface area contributed by atoms with Gasteiger partial charge in [0.25, 0.3) is 0 Å². The zero-order valence-corrected chi connectivity index (χ0v) is 7.99. The van der Waals surface area contributed by atoms with E-state index >= 15 is 0 Å². The average molecular weight is 176 g/mol. The second-order valence-electron chi connectivity index (χ2n) is 2.55. The maximum atomic E-state index is 11.0. The number of hydrogen-bond donors (Lipinski definition) is 0. The lowest BCUT2D eigenvalue weighted by Gasteiger charge is -2.12. The minimum absolute atomic E-state index is 0.0713. The Balaban J connectivity index is 3.56. The number of hydrogen-bond acceptors (Lipinski definition) is 4. The van der Waals surface area contributed by atoms with Gasteiger partial charge in [-0.3, -0.25) is 0 Å². The van der Waals surface area contributed by atoms with Crippen LogP contribution in [0, 0.1) is 0 Å². The molecule has 4 nitrogen and oxygen atoms in total. The summed E-state index contributed by atoms with van der Waals surface area (Å²) in [7, 11) is 3.03. The van der Waals surface area contributed by atoms with Gasteiger partial charge in [0, 0.05) is 14.2 Å². The molecule has 4 heteroatoms. The highest BCUT2D eigenvalue weighted by molar-refractivity contribution is 5.74. The van der Waals surface area contributed by atoms with E-state index in [0.29, 0.717) is 0 Å². The van der Waals surface area contributed by atoms with Crippen LogP contribution in [-0.4, -0.2) is 39.0 Å². The summed E-state index contributed by atoms with van der Waals surface area (Å²) >= 11 is 0. The second-order valence-corrected chi connectivity index (χ2v) is 2.55. The molecule has 2 unspecified atom stereocenters. The smallest absolute Gasteiger partial charge is 0.335 e. The lowest BCUT2D eigenvalue weighted by atomic mass is 10.4. The van der Waals surface area contributed by atoms with Crippen molar-refractivity contribution in [2.24, 2.45) is 0 Å². The van der Waals surface area contributed by atoms with Crippen molar-refractivity contribution in [2.45, 2.75) is 26.1 Å². The van der Waals surface area contributed by atoms with E-state index in [1.807, 2.05) is 6.92 Å². The van der Waals surface area contributed by atoms with Crippen molar-refractivity contribution in [1.82, 2.24) is 0 Å². The first kappa shape index (κ1) is 11.4. The van der Waals surface area contributed by atoms with Crippen molar-refractivity contribution >= 4 is 5.97 Å². The van der Waals surface area contributed by atoms with Crippen molar-refractivity contribution in [3.05, 3.63) is 0 Å². The number of ether oxygens (including phenoxy) is 3. The zero-order chi connectivity index (χ0) is 9.56. The number of methoxy groups -OCH3 is 2. The molecular formula is C8H16O4. The van der Waals surface area contributed by atoms with Gasteiger partial charge in [-0.1, -0.05) is 0 Å². The molecule has 0 radical (unpaired) electrons. The molecule has 0 aromatic carbocycles. The van der Waals surface area contributed by atoms with Crippen LogP contribution in [0.15, 0.2) is 0 Å². The SMILES string of the molecule is COC(C)COC(=O)C(C)OC. The fraction of sp³-hybridized carbons (Fsp3) is 0.875. The van der Waals surface area contributed by atoms with E-state index in [2.05, 4.69) is 0 Å². The molecule has 0 saturated carbocycles. The van der Waals surface area contributed by atoms with Crippen molar-refractivity contribution < 1.29 is 19.0 Å². The first-order valence-corrected chi connectivity index (χ1v) is 3.84. The number of carbonyl (C=O) groups is 1. The van der Waals surface area contributed by atoms with Crippen LogP contribution in [0.1, 0.15) is 13.8 Å². The fourth-order valence-electron chi connectivity index (χ4n) is 0.481. The van der Waals surface area contributed by atoms with E-state index in [1.165, 1.54) is 7.11 Å². The molecule has 0 bridgehead atoms. The van der Waals surface area contributed by atoms with E-state index < -0.39 is 6.10 Å². The molecule has 0 aliphatic carbocycles. The van der Waals surface area contributed by atoms with Crippen LogP contribution in [0.25, 0.3) is 0 Å². The van der Waals surface area contributed by atoms with E-state index in [9.17, 15) is 4.79 Å². The third-order valence-corrected chi connectivity index (χ3v) is 1.55. The third kappa shape index (κ3) is 4.31. The Hall–Kier alpha value is -0.610. The van der Waals surface area contributed by atoms with Gasteiger partial charge in [-0.2, -0.15) is 0 Å². The van der Waals surface area contributed by atoms with Gasteiger partial charge < -0.3 is 14.2 Å². The van der Waals surface area contributed by atoms with Crippen LogP contribution >= 0.6 is 0 Å². The van der Waals surface area contributed by atoms with Crippen molar-refractivity contribution in [3.8, 4) is 0 Å². The van der Waals surface area contributed by atoms with Crippen LogP contribution in [0.5, 0.6) is 0 Å². The van der Waals surface area contributed by atoms with Gasteiger partial charge in [-0.05, 0) is 13.8 Å². The molecular weight excluding hydrogens is 160 g/mol. The Morgan fingerprint density at radius 1 is 1.25 bits per heavy atom. The topological polar surface area (TPSA) is 44.8 Å². The molecule has 0 aliphatic rings. The summed E-state index contributed by atoms with van der Waals surface area (Å²) in [6, 6.07) is 0. The average Bonchev–Trinajstić information content (AvgIpc) is 2.11. The monoisotopic (exact) mass is 176 g/mol. The standard InChI is InChI=1S/C8H16O4/c1-6(10-3)5-12-8(9)7(2)11-4/h6-7H,5H2,1-4H3. The Morgan fingerprint density at radius 2 is 1.83 bits per heavy atom. The number of esters is 1. The molecule has 0 aromatic heterocycles. The van der Waals surface area contributed by atoms with Crippen LogP contribution in [-0.2, 0) is 19.0 Å².